The molecule has 0 aromatic heterocycles. The molecule has 3 aliphatic rings. The van der Waals surface area contributed by atoms with Crippen molar-refractivity contribution < 1.29 is 19.1 Å². The molecule has 2 aliphatic heterocycles. The van der Waals surface area contributed by atoms with E-state index in [0.717, 1.165) is 56.4 Å². The topological polar surface area (TPSA) is 84.9 Å². The molecule has 0 bridgehead atoms. The number of aliphatic hydroxyl groups excluding tert-OH is 1. The third-order valence-electron chi connectivity index (χ3n) is 7.29. The number of hydrogen-bond donors (Lipinski definition) is 3. The zero-order valence-electron chi connectivity index (χ0n) is 18.4. The maximum absolute atomic E-state index is 14.1. The normalized spacial score (nSPS) is 28.1. The van der Waals surface area contributed by atoms with Crippen LogP contribution >= 0.6 is 0 Å². The van der Waals surface area contributed by atoms with Gasteiger partial charge in [-0.05, 0) is 50.7 Å². The van der Waals surface area contributed by atoms with Crippen LogP contribution < -0.4 is 10.6 Å². The summed E-state index contributed by atoms with van der Waals surface area (Å²) in [5.41, 5.74) is 2.32. The maximum Gasteiger partial charge on any atom is 0.248 e. The minimum Gasteiger partial charge on any atom is -0.387 e. The zero-order valence-corrected chi connectivity index (χ0v) is 18.4. The largest absolute Gasteiger partial charge is 0.387 e. The van der Waals surface area contributed by atoms with E-state index in [0.29, 0.717) is 18.0 Å². The van der Waals surface area contributed by atoms with Crippen LogP contribution in [0.5, 0.6) is 0 Å². The van der Waals surface area contributed by atoms with Gasteiger partial charge in [0.25, 0.3) is 0 Å². The SMILES string of the molecule is Cc1ccc(F)c2c1NC(C(=O)N[C@@H]1CCCC(N3CCC(N(C)C(=O)CO)C3)C1)C2. The third-order valence-corrected chi connectivity index (χ3v) is 7.29. The Balaban J connectivity index is 1.31. The molecule has 1 aromatic rings. The fourth-order valence-corrected chi connectivity index (χ4v) is 5.39. The van der Waals surface area contributed by atoms with Gasteiger partial charge in [0.05, 0.1) is 0 Å². The molecule has 170 valence electrons. The van der Waals surface area contributed by atoms with Gasteiger partial charge in [-0.25, -0.2) is 4.39 Å². The van der Waals surface area contributed by atoms with Gasteiger partial charge in [-0.1, -0.05) is 6.07 Å². The molecule has 3 N–H and O–H groups in total. The van der Waals surface area contributed by atoms with Crippen molar-refractivity contribution in [2.75, 3.05) is 32.1 Å². The summed E-state index contributed by atoms with van der Waals surface area (Å²) in [6.07, 6.45) is 5.27. The van der Waals surface area contributed by atoms with Crippen molar-refractivity contribution in [3.05, 3.63) is 29.1 Å². The van der Waals surface area contributed by atoms with Gasteiger partial charge >= 0.3 is 0 Å². The smallest absolute Gasteiger partial charge is 0.248 e. The second-order valence-corrected chi connectivity index (χ2v) is 9.25. The number of likely N-dealkylation sites (N-methyl/N-ethyl adjacent to an activating group) is 1. The Morgan fingerprint density at radius 1 is 1.32 bits per heavy atom. The minimum absolute atomic E-state index is 0.0618. The number of likely N-dealkylation sites (tertiary alicyclic amines) is 1. The molecule has 7 nitrogen and oxygen atoms in total. The molecule has 0 radical (unpaired) electrons. The molecule has 3 unspecified atom stereocenters. The van der Waals surface area contributed by atoms with Crippen LogP contribution in [0.4, 0.5) is 10.1 Å². The second kappa shape index (κ2) is 9.12. The number of anilines is 1. The Morgan fingerprint density at radius 3 is 2.87 bits per heavy atom. The zero-order chi connectivity index (χ0) is 22.1. The number of fused-ring (bicyclic) bond motifs is 1. The Morgan fingerprint density at radius 2 is 2.13 bits per heavy atom. The fraction of sp³-hybridized carbons (Fsp3) is 0.652. The lowest BCUT2D eigenvalue weighted by atomic mass is 9.89. The van der Waals surface area contributed by atoms with Crippen LogP contribution in [-0.2, 0) is 16.0 Å². The van der Waals surface area contributed by atoms with Crippen molar-refractivity contribution in [1.82, 2.24) is 15.1 Å². The molecule has 31 heavy (non-hydrogen) atoms. The summed E-state index contributed by atoms with van der Waals surface area (Å²) in [5.74, 6) is -0.556. The van der Waals surface area contributed by atoms with E-state index in [9.17, 15) is 14.0 Å². The predicted molar refractivity (Wildman–Crippen MR) is 116 cm³/mol. The summed E-state index contributed by atoms with van der Waals surface area (Å²) in [4.78, 5) is 28.8. The molecule has 1 aliphatic carbocycles. The van der Waals surface area contributed by atoms with Crippen molar-refractivity contribution in [3.8, 4) is 0 Å². The number of hydrogen-bond acceptors (Lipinski definition) is 5. The van der Waals surface area contributed by atoms with E-state index in [1.165, 1.54) is 6.07 Å². The van der Waals surface area contributed by atoms with E-state index in [2.05, 4.69) is 15.5 Å². The van der Waals surface area contributed by atoms with E-state index in [1.807, 2.05) is 6.92 Å². The highest BCUT2D eigenvalue weighted by molar-refractivity contribution is 5.88. The van der Waals surface area contributed by atoms with Gasteiger partial charge in [-0.2, -0.15) is 0 Å². The first-order chi connectivity index (χ1) is 14.9. The van der Waals surface area contributed by atoms with E-state index in [4.69, 9.17) is 5.11 Å². The highest BCUT2D eigenvalue weighted by atomic mass is 19.1. The number of amides is 2. The molecule has 2 amide bonds. The van der Waals surface area contributed by atoms with Gasteiger partial charge in [-0.15, -0.1) is 0 Å². The summed E-state index contributed by atoms with van der Waals surface area (Å²) in [7, 11) is 1.76. The molecular formula is C23H33FN4O3. The van der Waals surface area contributed by atoms with Gasteiger partial charge in [-0.3, -0.25) is 14.5 Å². The average Bonchev–Trinajstić information content (AvgIpc) is 3.44. The molecule has 8 heteroatoms. The fourth-order valence-electron chi connectivity index (χ4n) is 5.39. The molecule has 1 saturated carbocycles. The number of rotatable bonds is 5. The number of aliphatic hydroxyl groups is 1. The summed E-state index contributed by atoms with van der Waals surface area (Å²) >= 11 is 0. The van der Waals surface area contributed by atoms with Crippen LogP contribution in [0.3, 0.4) is 0 Å². The molecule has 2 fully saturated rings. The van der Waals surface area contributed by atoms with Gasteiger partial charge in [0.1, 0.15) is 18.5 Å². The molecule has 1 saturated heterocycles. The van der Waals surface area contributed by atoms with Gasteiger partial charge in [0, 0.05) is 55.9 Å². The van der Waals surface area contributed by atoms with Crippen LogP contribution in [0.1, 0.15) is 43.2 Å². The first-order valence-corrected chi connectivity index (χ1v) is 11.3. The van der Waals surface area contributed by atoms with Crippen LogP contribution in [0, 0.1) is 12.7 Å². The van der Waals surface area contributed by atoms with Crippen LogP contribution in [0.25, 0.3) is 0 Å². The lowest BCUT2D eigenvalue weighted by Crippen LogP contribution is -2.49. The maximum atomic E-state index is 14.1. The summed E-state index contributed by atoms with van der Waals surface area (Å²) < 4.78 is 14.1. The van der Waals surface area contributed by atoms with Gasteiger partial charge in [0.2, 0.25) is 11.8 Å². The van der Waals surface area contributed by atoms with Crippen LogP contribution in [0.15, 0.2) is 12.1 Å². The number of nitrogens with zero attached hydrogens (tertiary/aromatic N) is 2. The highest BCUT2D eigenvalue weighted by Crippen LogP contribution is 2.32. The van der Waals surface area contributed by atoms with Crippen molar-refractivity contribution in [3.63, 3.8) is 0 Å². The monoisotopic (exact) mass is 432 g/mol. The third kappa shape index (κ3) is 4.55. The summed E-state index contributed by atoms with van der Waals surface area (Å²) in [6, 6.07) is 3.40. The van der Waals surface area contributed by atoms with E-state index in [1.54, 1.807) is 18.0 Å². The van der Waals surface area contributed by atoms with Gasteiger partial charge in [0.15, 0.2) is 0 Å². The van der Waals surface area contributed by atoms with E-state index in [-0.39, 0.29) is 29.7 Å². The number of halogens is 1. The molecule has 4 atom stereocenters. The summed E-state index contributed by atoms with van der Waals surface area (Å²) in [5, 5.41) is 15.5. The first kappa shape index (κ1) is 22.0. The lowest BCUT2D eigenvalue weighted by Gasteiger charge is -2.36. The van der Waals surface area contributed by atoms with Crippen molar-refractivity contribution in [2.45, 2.75) is 69.6 Å². The van der Waals surface area contributed by atoms with Crippen molar-refractivity contribution >= 4 is 17.5 Å². The Kier molecular flexibility index (Phi) is 6.48. The van der Waals surface area contributed by atoms with Crippen LogP contribution in [0.2, 0.25) is 0 Å². The van der Waals surface area contributed by atoms with Gasteiger partial charge < -0.3 is 20.6 Å². The number of nitrogens with one attached hydrogen (secondary N) is 2. The molecule has 4 rings (SSSR count). The predicted octanol–water partition coefficient (Wildman–Crippen LogP) is 1.42. The standard InChI is InChI=1S/C23H33FN4O3/c1-14-6-7-19(24)18-11-20(26-22(14)18)23(31)25-15-4-3-5-16(10-15)28-9-8-17(12-28)27(2)21(30)13-29/h6-7,15-17,20,26,29H,3-5,8-13H2,1-2H3,(H,25,31)/t15-,16?,17?,20?/m1/s1. The van der Waals surface area contributed by atoms with Crippen LogP contribution in [-0.4, -0.2) is 77.6 Å². The Hall–Kier alpha value is -2.19. The Bertz CT molecular complexity index is 817. The number of aryl methyl sites for hydroxylation is 1. The molecule has 1 aromatic carbocycles. The molecule has 0 spiro atoms. The van der Waals surface area contributed by atoms with Crippen molar-refractivity contribution in [2.24, 2.45) is 0 Å². The average molecular weight is 433 g/mol. The number of benzene rings is 1. The van der Waals surface area contributed by atoms with Crippen molar-refractivity contribution in [1.29, 1.82) is 0 Å². The first-order valence-electron chi connectivity index (χ1n) is 11.3. The lowest BCUT2D eigenvalue weighted by molar-refractivity contribution is -0.134. The number of carbonyl (C=O) groups excluding carboxylic acids is 2. The second-order valence-electron chi connectivity index (χ2n) is 9.25. The summed E-state index contributed by atoms with van der Waals surface area (Å²) in [6.45, 7) is 3.21. The van der Waals surface area contributed by atoms with E-state index >= 15 is 0 Å². The minimum atomic E-state index is -0.451. The number of carbonyl (C=O) groups is 2. The molecular weight excluding hydrogens is 399 g/mol. The highest BCUT2D eigenvalue weighted by Gasteiger charge is 2.36. The molecule has 2 heterocycles. The van der Waals surface area contributed by atoms with E-state index < -0.39 is 12.6 Å². The quantitative estimate of drug-likeness (QED) is 0.656. The Labute approximate surface area is 183 Å².